The topological polar surface area (TPSA) is 72.3 Å². The molecule has 4 N–H and O–H groups in total. The molecule has 0 radical (unpaired) electrons. The number of carbonyl (C=O) groups excluding carboxylic acids is 1. The normalized spacial score (nSPS) is 19.9. The molecule has 0 aromatic heterocycles. The Morgan fingerprint density at radius 1 is 1.30 bits per heavy atom. The van der Waals surface area contributed by atoms with Gasteiger partial charge < -0.3 is 16.4 Å². The summed E-state index contributed by atoms with van der Waals surface area (Å²) in [4.78, 5) is 13.8. The van der Waals surface area contributed by atoms with Crippen LogP contribution < -0.4 is 16.4 Å². The van der Waals surface area contributed by atoms with E-state index in [0.717, 1.165) is 37.5 Å². The lowest BCUT2D eigenvalue weighted by Gasteiger charge is -2.26. The van der Waals surface area contributed by atoms with E-state index in [2.05, 4.69) is 18.7 Å². The van der Waals surface area contributed by atoms with Crippen LogP contribution in [0, 0.1) is 11.8 Å². The maximum Gasteiger partial charge on any atom is 0.250 e. The summed E-state index contributed by atoms with van der Waals surface area (Å²) in [6.45, 7) is 6.45. The second-order valence-electron chi connectivity index (χ2n) is 6.03. The molecule has 20 heavy (non-hydrogen) atoms. The molecule has 1 aliphatic rings. The fraction of sp³-hybridized carbons (Fsp3) is 0.562. The molecule has 0 saturated carbocycles. The van der Waals surface area contributed by atoms with Crippen LogP contribution in [0.5, 0.6) is 0 Å². The average molecular weight is 275 g/mol. The zero-order chi connectivity index (χ0) is 14.7. The Hall–Kier alpha value is -1.71. The van der Waals surface area contributed by atoms with Gasteiger partial charge in [-0.1, -0.05) is 19.9 Å². The van der Waals surface area contributed by atoms with Gasteiger partial charge in [0.25, 0.3) is 5.91 Å². The summed E-state index contributed by atoms with van der Waals surface area (Å²) in [6.07, 6.45) is 3.52. The van der Waals surface area contributed by atoms with E-state index in [1.807, 2.05) is 6.07 Å². The van der Waals surface area contributed by atoms with E-state index < -0.39 is 5.91 Å². The molecule has 110 valence electrons. The minimum atomic E-state index is -0.406. The Balaban J connectivity index is 2.26. The Kier molecular flexibility index (Phi) is 4.53. The van der Waals surface area contributed by atoms with Crippen LogP contribution in [0.4, 0.5) is 11.4 Å². The lowest BCUT2D eigenvalue weighted by molar-refractivity contribution is 0.100. The maximum atomic E-state index is 11.6. The van der Waals surface area contributed by atoms with E-state index in [1.165, 1.54) is 6.42 Å². The standard InChI is InChI=1S/C16H25N3O/c1-11(2)12-5-4-9-19(10-8-12)15-13(16(18)20)6-3-7-14(15)17/h3,6-7,11-12H,4-5,8-10,17H2,1-2H3,(H2,18,20). The molecule has 1 amide bonds. The fourth-order valence-corrected chi connectivity index (χ4v) is 3.13. The summed E-state index contributed by atoms with van der Waals surface area (Å²) < 4.78 is 0. The molecule has 1 unspecified atom stereocenters. The third-order valence-electron chi connectivity index (χ3n) is 4.36. The Bertz CT molecular complexity index is 485. The lowest BCUT2D eigenvalue weighted by atomic mass is 9.89. The summed E-state index contributed by atoms with van der Waals surface area (Å²) >= 11 is 0. The molecule has 1 fully saturated rings. The summed E-state index contributed by atoms with van der Waals surface area (Å²) in [5.74, 6) is 1.05. The van der Waals surface area contributed by atoms with E-state index >= 15 is 0 Å². The summed E-state index contributed by atoms with van der Waals surface area (Å²) in [5, 5.41) is 0. The van der Waals surface area contributed by atoms with Crippen LogP contribution in [0.25, 0.3) is 0 Å². The van der Waals surface area contributed by atoms with Gasteiger partial charge in [0.1, 0.15) is 0 Å². The highest BCUT2D eigenvalue weighted by molar-refractivity contribution is 6.01. The van der Waals surface area contributed by atoms with Crippen molar-refractivity contribution in [2.24, 2.45) is 17.6 Å². The SMILES string of the molecule is CC(C)C1CCCN(c2c(N)cccc2C(N)=O)CC1. The van der Waals surface area contributed by atoms with E-state index in [4.69, 9.17) is 11.5 Å². The van der Waals surface area contributed by atoms with E-state index in [1.54, 1.807) is 12.1 Å². The van der Waals surface area contributed by atoms with Crippen molar-refractivity contribution in [3.8, 4) is 0 Å². The molecule has 1 aromatic carbocycles. The molecular formula is C16H25N3O. The first kappa shape index (κ1) is 14.7. The number of primary amides is 1. The number of benzene rings is 1. The number of hydrogen-bond donors (Lipinski definition) is 2. The summed E-state index contributed by atoms with van der Waals surface area (Å²) in [5.41, 5.74) is 13.6. The fourth-order valence-electron chi connectivity index (χ4n) is 3.13. The number of amides is 1. The van der Waals surface area contributed by atoms with Crippen LogP contribution in [0.1, 0.15) is 43.5 Å². The number of hydrogen-bond acceptors (Lipinski definition) is 3. The third kappa shape index (κ3) is 3.06. The quantitative estimate of drug-likeness (QED) is 0.833. The Morgan fingerprint density at radius 3 is 2.70 bits per heavy atom. The van der Waals surface area contributed by atoms with Crippen LogP contribution in [-0.2, 0) is 0 Å². The molecule has 1 aromatic rings. The van der Waals surface area contributed by atoms with Crippen molar-refractivity contribution in [3.05, 3.63) is 23.8 Å². The van der Waals surface area contributed by atoms with Crippen molar-refractivity contribution in [2.75, 3.05) is 23.7 Å². The second-order valence-corrected chi connectivity index (χ2v) is 6.03. The van der Waals surface area contributed by atoms with Gasteiger partial charge in [-0.3, -0.25) is 4.79 Å². The zero-order valence-corrected chi connectivity index (χ0v) is 12.4. The van der Waals surface area contributed by atoms with Crippen LogP contribution in [0.3, 0.4) is 0 Å². The van der Waals surface area contributed by atoms with E-state index in [0.29, 0.717) is 17.2 Å². The predicted octanol–water partition coefficient (Wildman–Crippen LogP) is 2.63. The second kappa shape index (κ2) is 6.16. The zero-order valence-electron chi connectivity index (χ0n) is 12.4. The Labute approximate surface area is 121 Å². The van der Waals surface area contributed by atoms with E-state index in [-0.39, 0.29) is 0 Å². The minimum Gasteiger partial charge on any atom is -0.397 e. The van der Waals surface area contributed by atoms with Gasteiger partial charge in [-0.05, 0) is 43.2 Å². The highest BCUT2D eigenvalue weighted by atomic mass is 16.1. The number of nitrogens with two attached hydrogens (primary N) is 2. The largest absolute Gasteiger partial charge is 0.397 e. The molecule has 1 aliphatic heterocycles. The van der Waals surface area contributed by atoms with E-state index in [9.17, 15) is 4.79 Å². The van der Waals surface area contributed by atoms with Gasteiger partial charge in [0, 0.05) is 13.1 Å². The highest BCUT2D eigenvalue weighted by Crippen LogP contribution is 2.32. The number of carbonyl (C=O) groups is 1. The van der Waals surface area contributed by atoms with Gasteiger partial charge in [0.05, 0.1) is 16.9 Å². The predicted molar refractivity (Wildman–Crippen MR) is 83.8 cm³/mol. The van der Waals surface area contributed by atoms with Crippen molar-refractivity contribution < 1.29 is 4.79 Å². The van der Waals surface area contributed by atoms with Crippen molar-refractivity contribution in [1.82, 2.24) is 0 Å². The molecule has 1 saturated heterocycles. The van der Waals surface area contributed by atoms with Crippen LogP contribution in [-0.4, -0.2) is 19.0 Å². The number of nitrogen functional groups attached to an aromatic ring is 1. The molecule has 4 nitrogen and oxygen atoms in total. The third-order valence-corrected chi connectivity index (χ3v) is 4.36. The molecule has 0 aliphatic carbocycles. The van der Waals surface area contributed by atoms with Gasteiger partial charge in [0.2, 0.25) is 0 Å². The first-order chi connectivity index (χ1) is 9.50. The average Bonchev–Trinajstić information content (AvgIpc) is 2.64. The number of nitrogens with zero attached hydrogens (tertiary/aromatic N) is 1. The van der Waals surface area contributed by atoms with Gasteiger partial charge in [0.15, 0.2) is 0 Å². The van der Waals surface area contributed by atoms with Crippen molar-refractivity contribution in [2.45, 2.75) is 33.1 Å². The number of anilines is 2. The molecule has 1 heterocycles. The molecule has 2 rings (SSSR count). The van der Waals surface area contributed by atoms with Crippen molar-refractivity contribution >= 4 is 17.3 Å². The highest BCUT2D eigenvalue weighted by Gasteiger charge is 2.23. The Morgan fingerprint density at radius 2 is 2.05 bits per heavy atom. The minimum absolute atomic E-state index is 0.406. The van der Waals surface area contributed by atoms with Gasteiger partial charge in [-0.2, -0.15) is 0 Å². The molecule has 0 spiro atoms. The van der Waals surface area contributed by atoms with Crippen LogP contribution >= 0.6 is 0 Å². The van der Waals surface area contributed by atoms with Crippen molar-refractivity contribution in [1.29, 1.82) is 0 Å². The first-order valence-corrected chi connectivity index (χ1v) is 7.44. The number of rotatable bonds is 3. The van der Waals surface area contributed by atoms with Crippen LogP contribution in [0.15, 0.2) is 18.2 Å². The monoisotopic (exact) mass is 275 g/mol. The van der Waals surface area contributed by atoms with Gasteiger partial charge in [-0.15, -0.1) is 0 Å². The van der Waals surface area contributed by atoms with Crippen LogP contribution in [0.2, 0.25) is 0 Å². The smallest absolute Gasteiger partial charge is 0.250 e. The molecule has 1 atom stereocenters. The lowest BCUT2D eigenvalue weighted by Crippen LogP contribution is -2.28. The van der Waals surface area contributed by atoms with Gasteiger partial charge in [-0.25, -0.2) is 0 Å². The molecule has 4 heteroatoms. The van der Waals surface area contributed by atoms with Crippen molar-refractivity contribution in [3.63, 3.8) is 0 Å². The summed E-state index contributed by atoms with van der Waals surface area (Å²) in [6, 6.07) is 5.39. The molecule has 0 bridgehead atoms. The molecular weight excluding hydrogens is 250 g/mol. The van der Waals surface area contributed by atoms with Gasteiger partial charge >= 0.3 is 0 Å². The summed E-state index contributed by atoms with van der Waals surface area (Å²) in [7, 11) is 0. The first-order valence-electron chi connectivity index (χ1n) is 7.44. The number of para-hydroxylation sites is 1. The maximum absolute atomic E-state index is 11.6.